The highest BCUT2D eigenvalue weighted by molar-refractivity contribution is 7.99. The van der Waals surface area contributed by atoms with Gasteiger partial charge in [-0.25, -0.2) is 13.8 Å². The summed E-state index contributed by atoms with van der Waals surface area (Å²) in [7, 11) is 0. The van der Waals surface area contributed by atoms with Crippen LogP contribution in [0.25, 0.3) is 22.5 Å². The van der Waals surface area contributed by atoms with Crippen LogP contribution in [0, 0.1) is 11.6 Å². The molecule has 0 aliphatic heterocycles. The van der Waals surface area contributed by atoms with E-state index >= 15 is 0 Å². The van der Waals surface area contributed by atoms with Gasteiger partial charge in [0.05, 0.1) is 17.1 Å². The highest BCUT2D eigenvalue weighted by Gasteiger charge is 2.15. The molecule has 4 rings (SSSR count). The summed E-state index contributed by atoms with van der Waals surface area (Å²) in [5, 5.41) is 4.41. The maximum atomic E-state index is 14.2. The molecule has 0 atom stereocenters. The highest BCUT2D eigenvalue weighted by Crippen LogP contribution is 2.32. The van der Waals surface area contributed by atoms with E-state index in [0.717, 1.165) is 84.7 Å². The monoisotopic (exact) mass is 606 g/mol. The lowest BCUT2D eigenvalue weighted by molar-refractivity contribution is 0.392. The molecule has 222 valence electrons. The number of H-pyrrole nitrogens is 1. The summed E-state index contributed by atoms with van der Waals surface area (Å²) in [4.78, 5) is 10.6. The third-order valence-electron chi connectivity index (χ3n) is 7.09. The predicted molar refractivity (Wildman–Crippen MR) is 177 cm³/mol. The maximum absolute atomic E-state index is 14.2. The molecular formula is C34H40F2N4S2. The van der Waals surface area contributed by atoms with Crippen LogP contribution < -0.4 is 5.32 Å². The lowest BCUT2D eigenvalue weighted by Crippen LogP contribution is -2.36. The van der Waals surface area contributed by atoms with E-state index in [4.69, 9.17) is 17.2 Å². The normalized spacial score (nSPS) is 11.0. The summed E-state index contributed by atoms with van der Waals surface area (Å²) in [5.41, 5.74) is 4.43. The summed E-state index contributed by atoms with van der Waals surface area (Å²) >= 11 is 7.39. The standard InChI is InChI=1S/C34H40F2N4S2/c1-2-3-4-5-13-22-40(34(41)37-30-21-20-28(35)25-29(30)36)23-14-8-15-24-42-33-38-31(26-16-9-6-10-17-26)32(39-33)27-18-11-7-12-19-27/h6-7,9-12,16-21,25H,2-5,8,13-15,22-24H2,1H3,(H,37,41)(H,38,39). The number of halogens is 2. The van der Waals surface area contributed by atoms with Gasteiger partial charge < -0.3 is 15.2 Å². The number of unbranched alkanes of at least 4 members (excludes halogenated alkanes) is 6. The predicted octanol–water partition coefficient (Wildman–Crippen LogP) is 9.95. The van der Waals surface area contributed by atoms with E-state index in [0.29, 0.717) is 5.11 Å². The molecule has 0 amide bonds. The van der Waals surface area contributed by atoms with Crippen molar-refractivity contribution in [2.24, 2.45) is 0 Å². The van der Waals surface area contributed by atoms with Crippen molar-refractivity contribution < 1.29 is 8.78 Å². The van der Waals surface area contributed by atoms with Crippen LogP contribution in [0.3, 0.4) is 0 Å². The van der Waals surface area contributed by atoms with E-state index < -0.39 is 11.6 Å². The Morgan fingerprint density at radius 3 is 2.14 bits per heavy atom. The average molecular weight is 607 g/mol. The van der Waals surface area contributed by atoms with E-state index in [2.05, 4.69) is 46.4 Å². The van der Waals surface area contributed by atoms with Crippen molar-refractivity contribution in [1.29, 1.82) is 0 Å². The zero-order valence-electron chi connectivity index (χ0n) is 24.3. The molecule has 4 aromatic rings. The van der Waals surface area contributed by atoms with Crippen LogP contribution in [0.15, 0.2) is 84.0 Å². The van der Waals surface area contributed by atoms with Crippen LogP contribution in [0.4, 0.5) is 14.5 Å². The minimum Gasteiger partial charge on any atom is -0.349 e. The van der Waals surface area contributed by atoms with Gasteiger partial charge in [0, 0.05) is 36.0 Å². The number of nitrogens with one attached hydrogen (secondary N) is 2. The van der Waals surface area contributed by atoms with Crippen molar-refractivity contribution in [3.05, 3.63) is 90.5 Å². The maximum Gasteiger partial charge on any atom is 0.173 e. The first-order valence-electron chi connectivity index (χ1n) is 14.9. The van der Waals surface area contributed by atoms with E-state index in [9.17, 15) is 8.78 Å². The second-order valence-corrected chi connectivity index (χ2v) is 11.8. The number of hydrogen-bond acceptors (Lipinski definition) is 3. The van der Waals surface area contributed by atoms with Gasteiger partial charge in [-0.2, -0.15) is 0 Å². The summed E-state index contributed by atoms with van der Waals surface area (Å²) in [5.74, 6) is -0.283. The van der Waals surface area contributed by atoms with Crippen LogP contribution in [-0.4, -0.2) is 38.8 Å². The second kappa shape index (κ2) is 17.0. The number of thioether (sulfide) groups is 1. The molecule has 0 unspecified atom stereocenters. The molecular weight excluding hydrogens is 567 g/mol. The van der Waals surface area contributed by atoms with Crippen molar-refractivity contribution in [3.8, 4) is 22.5 Å². The molecule has 2 N–H and O–H groups in total. The van der Waals surface area contributed by atoms with Gasteiger partial charge in [-0.1, -0.05) is 111 Å². The zero-order valence-corrected chi connectivity index (χ0v) is 25.9. The van der Waals surface area contributed by atoms with Gasteiger partial charge >= 0.3 is 0 Å². The third kappa shape index (κ3) is 9.66. The van der Waals surface area contributed by atoms with Gasteiger partial charge in [-0.3, -0.25) is 0 Å². The Morgan fingerprint density at radius 1 is 0.833 bits per heavy atom. The molecule has 0 radical (unpaired) electrons. The molecule has 0 aliphatic carbocycles. The Labute approximate surface area is 258 Å². The average Bonchev–Trinajstić information content (AvgIpc) is 3.44. The fraction of sp³-hybridized carbons (Fsp3) is 0.353. The minimum atomic E-state index is -0.638. The second-order valence-electron chi connectivity index (χ2n) is 10.4. The van der Waals surface area contributed by atoms with Gasteiger partial charge in [-0.15, -0.1) is 0 Å². The lowest BCUT2D eigenvalue weighted by Gasteiger charge is -2.26. The van der Waals surface area contributed by atoms with Crippen molar-refractivity contribution in [3.63, 3.8) is 0 Å². The SMILES string of the molecule is CCCCCCCN(CCCCCSc1nc(-c2ccccc2)c(-c2ccccc2)[nH]1)C(=S)Nc1ccc(F)cc1F. The number of thiocarbonyl (C=S) groups is 1. The molecule has 3 aromatic carbocycles. The van der Waals surface area contributed by atoms with Crippen molar-refractivity contribution in [1.82, 2.24) is 14.9 Å². The summed E-state index contributed by atoms with van der Waals surface area (Å²) < 4.78 is 27.6. The van der Waals surface area contributed by atoms with Crippen molar-refractivity contribution in [2.45, 2.75) is 63.4 Å². The number of benzene rings is 3. The number of imidazole rings is 1. The number of aromatic amines is 1. The largest absolute Gasteiger partial charge is 0.349 e. The van der Waals surface area contributed by atoms with Gasteiger partial charge in [0.1, 0.15) is 11.6 Å². The van der Waals surface area contributed by atoms with E-state index in [-0.39, 0.29) is 5.69 Å². The van der Waals surface area contributed by atoms with Crippen LogP contribution in [0.1, 0.15) is 58.3 Å². The number of nitrogens with zero attached hydrogens (tertiary/aromatic N) is 2. The summed E-state index contributed by atoms with van der Waals surface area (Å²) in [6, 6.07) is 24.1. The molecule has 1 heterocycles. The number of rotatable bonds is 16. The molecule has 42 heavy (non-hydrogen) atoms. The Balaban J connectivity index is 1.29. The summed E-state index contributed by atoms with van der Waals surface area (Å²) in [6.07, 6.45) is 8.89. The fourth-order valence-corrected chi connectivity index (χ4v) is 5.96. The van der Waals surface area contributed by atoms with Gasteiger partial charge in [0.15, 0.2) is 10.3 Å². The van der Waals surface area contributed by atoms with E-state index in [1.165, 1.54) is 31.4 Å². The molecule has 0 saturated carbocycles. The Bertz CT molecular complexity index is 1320. The minimum absolute atomic E-state index is 0.206. The van der Waals surface area contributed by atoms with E-state index in [1.807, 2.05) is 36.4 Å². The highest BCUT2D eigenvalue weighted by atomic mass is 32.2. The third-order valence-corrected chi connectivity index (χ3v) is 8.41. The fourth-order valence-electron chi connectivity index (χ4n) is 4.80. The smallest absolute Gasteiger partial charge is 0.173 e. The van der Waals surface area contributed by atoms with Crippen LogP contribution in [-0.2, 0) is 0 Å². The Morgan fingerprint density at radius 2 is 1.48 bits per heavy atom. The molecule has 4 nitrogen and oxygen atoms in total. The summed E-state index contributed by atoms with van der Waals surface area (Å²) in [6.45, 7) is 3.82. The number of aromatic nitrogens is 2. The first-order chi connectivity index (χ1) is 20.5. The molecule has 0 bridgehead atoms. The number of anilines is 1. The molecule has 0 fully saturated rings. The topological polar surface area (TPSA) is 44.0 Å². The van der Waals surface area contributed by atoms with Crippen molar-refractivity contribution >= 4 is 34.8 Å². The van der Waals surface area contributed by atoms with Gasteiger partial charge in [0.25, 0.3) is 0 Å². The molecule has 0 spiro atoms. The zero-order chi connectivity index (χ0) is 29.6. The van der Waals surface area contributed by atoms with Crippen LogP contribution in [0.5, 0.6) is 0 Å². The lowest BCUT2D eigenvalue weighted by atomic mass is 10.1. The van der Waals surface area contributed by atoms with Gasteiger partial charge in [-0.05, 0) is 43.6 Å². The van der Waals surface area contributed by atoms with Crippen LogP contribution in [0.2, 0.25) is 0 Å². The molecule has 0 saturated heterocycles. The van der Waals surface area contributed by atoms with E-state index in [1.54, 1.807) is 11.8 Å². The van der Waals surface area contributed by atoms with Gasteiger partial charge in [0.2, 0.25) is 0 Å². The quantitative estimate of drug-likeness (QED) is 0.0755. The molecule has 1 aromatic heterocycles. The molecule has 0 aliphatic rings. The van der Waals surface area contributed by atoms with Crippen molar-refractivity contribution in [2.75, 3.05) is 24.2 Å². The Kier molecular flexibility index (Phi) is 12.8. The first kappa shape index (κ1) is 31.7. The number of hydrogen-bond donors (Lipinski definition) is 2. The van der Waals surface area contributed by atoms with Crippen LogP contribution >= 0.6 is 24.0 Å². The first-order valence-corrected chi connectivity index (χ1v) is 16.3. The Hall–Kier alpha value is -3.23. The molecule has 8 heteroatoms.